The minimum absolute atomic E-state index is 0.0803. The van der Waals surface area contributed by atoms with Crippen LogP contribution >= 0.6 is 12.2 Å². The van der Waals surface area contributed by atoms with Gasteiger partial charge in [0, 0.05) is 13.2 Å². The van der Waals surface area contributed by atoms with Crippen molar-refractivity contribution in [3.8, 4) is 0 Å². The lowest BCUT2D eigenvalue weighted by Gasteiger charge is -2.16. The summed E-state index contributed by atoms with van der Waals surface area (Å²) in [7, 11) is 1.62. The Labute approximate surface area is 100.0 Å². The predicted octanol–water partition coefficient (Wildman–Crippen LogP) is 2.15. The predicted molar refractivity (Wildman–Crippen MR) is 67.1 cm³/mol. The van der Waals surface area contributed by atoms with E-state index in [4.69, 9.17) is 17.0 Å². The minimum Gasteiger partial charge on any atom is -0.383 e. The Morgan fingerprint density at radius 1 is 1.50 bits per heavy atom. The molecule has 3 nitrogen and oxygen atoms in total. The molecule has 5 heteroatoms. The molecule has 1 unspecified atom stereocenters. The molecule has 88 valence electrons. The van der Waals surface area contributed by atoms with Crippen molar-refractivity contribution in [3.05, 3.63) is 30.1 Å². The molecule has 0 heterocycles. The van der Waals surface area contributed by atoms with Gasteiger partial charge in [-0.15, -0.1) is 0 Å². The maximum atomic E-state index is 13.3. The third-order valence-corrected chi connectivity index (χ3v) is 2.14. The highest BCUT2D eigenvalue weighted by atomic mass is 32.1. The van der Waals surface area contributed by atoms with Gasteiger partial charge in [0.15, 0.2) is 5.11 Å². The van der Waals surface area contributed by atoms with Crippen LogP contribution in [0.1, 0.15) is 6.92 Å². The number of halogens is 1. The summed E-state index contributed by atoms with van der Waals surface area (Å²) in [5.41, 5.74) is 0.365. The zero-order chi connectivity index (χ0) is 12.0. The fraction of sp³-hybridized carbons (Fsp3) is 0.364. The highest BCUT2D eigenvalue weighted by Gasteiger charge is 2.05. The lowest BCUT2D eigenvalue weighted by molar-refractivity contribution is 0.179. The molecule has 1 rings (SSSR count). The topological polar surface area (TPSA) is 33.3 Å². The Bertz CT molecular complexity index is 360. The number of para-hydroxylation sites is 1. The molecule has 0 aliphatic rings. The lowest BCUT2D eigenvalue weighted by atomic mass is 10.3. The quantitative estimate of drug-likeness (QED) is 0.793. The van der Waals surface area contributed by atoms with E-state index in [2.05, 4.69) is 10.6 Å². The summed E-state index contributed by atoms with van der Waals surface area (Å²) >= 11 is 5.04. The molecule has 16 heavy (non-hydrogen) atoms. The monoisotopic (exact) mass is 242 g/mol. The maximum absolute atomic E-state index is 13.3. The fourth-order valence-electron chi connectivity index (χ4n) is 1.24. The fourth-order valence-corrected chi connectivity index (χ4v) is 1.55. The number of anilines is 1. The number of methoxy groups -OCH3 is 1. The van der Waals surface area contributed by atoms with E-state index in [-0.39, 0.29) is 11.9 Å². The van der Waals surface area contributed by atoms with Gasteiger partial charge in [0.05, 0.1) is 12.3 Å². The first kappa shape index (κ1) is 12.9. The van der Waals surface area contributed by atoms with E-state index in [1.165, 1.54) is 6.07 Å². The normalized spacial score (nSPS) is 11.9. The third-order valence-electron chi connectivity index (χ3n) is 1.92. The molecule has 0 saturated carbocycles. The summed E-state index contributed by atoms with van der Waals surface area (Å²) in [6.07, 6.45) is 0. The number of thiocarbonyl (C=S) groups is 1. The minimum atomic E-state index is -0.328. The van der Waals surface area contributed by atoms with Crippen molar-refractivity contribution in [1.29, 1.82) is 0 Å². The maximum Gasteiger partial charge on any atom is 0.171 e. The van der Waals surface area contributed by atoms with Crippen molar-refractivity contribution in [3.63, 3.8) is 0 Å². The molecule has 2 N–H and O–H groups in total. The van der Waals surface area contributed by atoms with Crippen molar-refractivity contribution in [2.45, 2.75) is 13.0 Å². The second-order valence-corrected chi connectivity index (χ2v) is 3.84. The van der Waals surface area contributed by atoms with Gasteiger partial charge in [-0.1, -0.05) is 12.1 Å². The van der Waals surface area contributed by atoms with Crippen LogP contribution in [-0.2, 0) is 4.74 Å². The summed E-state index contributed by atoms with van der Waals surface area (Å²) in [6.45, 7) is 2.47. The summed E-state index contributed by atoms with van der Waals surface area (Å²) in [6, 6.07) is 6.46. The van der Waals surface area contributed by atoms with Crippen LogP contribution in [0.5, 0.6) is 0 Å². The summed E-state index contributed by atoms with van der Waals surface area (Å²) in [4.78, 5) is 0. The summed E-state index contributed by atoms with van der Waals surface area (Å²) in [5, 5.41) is 6.16. The first-order valence-electron chi connectivity index (χ1n) is 4.94. The Hall–Kier alpha value is -1.20. The second-order valence-electron chi connectivity index (χ2n) is 3.43. The first-order chi connectivity index (χ1) is 7.63. The molecule has 1 aromatic rings. The SMILES string of the molecule is COCC(C)NC(=S)Nc1ccccc1F. The zero-order valence-corrected chi connectivity index (χ0v) is 10.1. The first-order valence-corrected chi connectivity index (χ1v) is 5.35. The Balaban J connectivity index is 2.49. The molecule has 0 aliphatic carbocycles. The molecule has 0 amide bonds. The Morgan fingerprint density at radius 2 is 2.19 bits per heavy atom. The van der Waals surface area contributed by atoms with E-state index >= 15 is 0 Å². The van der Waals surface area contributed by atoms with E-state index in [0.29, 0.717) is 17.4 Å². The van der Waals surface area contributed by atoms with Gasteiger partial charge in [-0.2, -0.15) is 0 Å². The van der Waals surface area contributed by atoms with Gasteiger partial charge in [0.1, 0.15) is 5.82 Å². The summed E-state index contributed by atoms with van der Waals surface area (Å²) in [5.74, 6) is -0.328. The van der Waals surface area contributed by atoms with Crippen LogP contribution < -0.4 is 10.6 Å². The molecule has 0 bridgehead atoms. The molecular formula is C11H15FN2OS. The van der Waals surface area contributed by atoms with Crippen molar-refractivity contribution in [2.24, 2.45) is 0 Å². The van der Waals surface area contributed by atoms with E-state index < -0.39 is 0 Å². The van der Waals surface area contributed by atoms with Gasteiger partial charge in [-0.05, 0) is 31.3 Å². The van der Waals surface area contributed by atoms with Crippen LogP contribution in [0.25, 0.3) is 0 Å². The smallest absolute Gasteiger partial charge is 0.171 e. The van der Waals surface area contributed by atoms with Crippen molar-refractivity contribution in [2.75, 3.05) is 19.0 Å². The average Bonchev–Trinajstić information content (AvgIpc) is 2.21. The van der Waals surface area contributed by atoms with Crippen LogP contribution in [0.2, 0.25) is 0 Å². The molecule has 1 aromatic carbocycles. The number of rotatable bonds is 4. The van der Waals surface area contributed by atoms with E-state index in [9.17, 15) is 4.39 Å². The standard InChI is InChI=1S/C11H15FN2OS/c1-8(7-15-2)13-11(16)14-10-6-4-3-5-9(10)12/h3-6,8H,7H2,1-2H3,(H2,13,14,16). The number of hydrogen-bond acceptors (Lipinski definition) is 2. The van der Waals surface area contributed by atoms with Crippen molar-refractivity contribution >= 4 is 23.0 Å². The number of benzene rings is 1. The van der Waals surface area contributed by atoms with E-state index in [0.717, 1.165) is 0 Å². The highest BCUT2D eigenvalue weighted by molar-refractivity contribution is 7.80. The molecule has 0 fully saturated rings. The second kappa shape index (κ2) is 6.40. The van der Waals surface area contributed by atoms with Gasteiger partial charge in [0.25, 0.3) is 0 Å². The van der Waals surface area contributed by atoms with Crippen LogP contribution in [0.3, 0.4) is 0 Å². The molecular weight excluding hydrogens is 227 g/mol. The van der Waals surface area contributed by atoms with Crippen LogP contribution in [0.15, 0.2) is 24.3 Å². The van der Waals surface area contributed by atoms with Gasteiger partial charge in [-0.3, -0.25) is 0 Å². The molecule has 0 aliphatic heterocycles. The lowest BCUT2D eigenvalue weighted by Crippen LogP contribution is -2.38. The number of ether oxygens (including phenoxy) is 1. The van der Waals surface area contributed by atoms with E-state index in [1.807, 2.05) is 6.92 Å². The van der Waals surface area contributed by atoms with Crippen molar-refractivity contribution in [1.82, 2.24) is 5.32 Å². The molecule has 0 aromatic heterocycles. The highest BCUT2D eigenvalue weighted by Crippen LogP contribution is 2.11. The summed E-state index contributed by atoms with van der Waals surface area (Å²) < 4.78 is 18.2. The molecule has 0 radical (unpaired) electrons. The number of nitrogens with one attached hydrogen (secondary N) is 2. The van der Waals surface area contributed by atoms with Gasteiger partial charge >= 0.3 is 0 Å². The largest absolute Gasteiger partial charge is 0.383 e. The Morgan fingerprint density at radius 3 is 2.81 bits per heavy atom. The molecule has 0 saturated heterocycles. The van der Waals surface area contributed by atoms with Crippen LogP contribution in [0, 0.1) is 5.82 Å². The third kappa shape index (κ3) is 4.12. The van der Waals surface area contributed by atoms with E-state index in [1.54, 1.807) is 25.3 Å². The van der Waals surface area contributed by atoms with Gasteiger partial charge in [0.2, 0.25) is 0 Å². The van der Waals surface area contributed by atoms with Gasteiger partial charge in [-0.25, -0.2) is 4.39 Å². The molecule has 1 atom stereocenters. The van der Waals surface area contributed by atoms with Gasteiger partial charge < -0.3 is 15.4 Å². The average molecular weight is 242 g/mol. The van der Waals surface area contributed by atoms with Crippen LogP contribution in [0.4, 0.5) is 10.1 Å². The Kier molecular flexibility index (Phi) is 5.14. The zero-order valence-electron chi connectivity index (χ0n) is 9.29. The molecule has 0 spiro atoms. The number of hydrogen-bond donors (Lipinski definition) is 2. The van der Waals surface area contributed by atoms with Crippen molar-refractivity contribution < 1.29 is 9.13 Å². The van der Waals surface area contributed by atoms with Crippen LogP contribution in [-0.4, -0.2) is 24.9 Å².